The van der Waals surface area contributed by atoms with Gasteiger partial charge in [0.05, 0.1) is 0 Å². The van der Waals surface area contributed by atoms with Crippen molar-refractivity contribution in [1.29, 1.82) is 0 Å². The molecule has 2 aromatic heterocycles. The molecule has 108 valence electrons. The highest BCUT2D eigenvalue weighted by Gasteiger charge is 2.04. The average Bonchev–Trinajstić information content (AvgIpc) is 2.85. The minimum absolute atomic E-state index is 0.663. The number of nitrogens with zero attached hydrogens (tertiary/aromatic N) is 5. The zero-order valence-corrected chi connectivity index (χ0v) is 12.2. The van der Waals surface area contributed by atoms with Crippen molar-refractivity contribution < 1.29 is 0 Å². The average molecular weight is 275 g/mol. The van der Waals surface area contributed by atoms with Gasteiger partial charge in [0, 0.05) is 38.3 Å². The fraction of sp³-hybridized carbons (Fsp3) is 0.538. The Hall–Kier alpha value is -2.18. The molecule has 2 N–H and O–H groups in total. The van der Waals surface area contributed by atoms with E-state index in [1.54, 1.807) is 11.0 Å². The van der Waals surface area contributed by atoms with Crippen LogP contribution in [0.1, 0.15) is 24.7 Å². The van der Waals surface area contributed by atoms with Gasteiger partial charge in [0.25, 0.3) is 0 Å². The Morgan fingerprint density at radius 3 is 2.75 bits per heavy atom. The fourth-order valence-electron chi connectivity index (χ4n) is 1.73. The van der Waals surface area contributed by atoms with E-state index >= 15 is 0 Å². The maximum atomic E-state index is 4.47. The van der Waals surface area contributed by atoms with Gasteiger partial charge < -0.3 is 10.6 Å². The minimum atomic E-state index is 0.663. The molecule has 0 aliphatic heterocycles. The molecule has 20 heavy (non-hydrogen) atoms. The molecule has 0 atom stereocenters. The van der Waals surface area contributed by atoms with Crippen molar-refractivity contribution in [3.63, 3.8) is 0 Å². The first kappa shape index (κ1) is 14.2. The van der Waals surface area contributed by atoms with Gasteiger partial charge in [-0.15, -0.1) is 0 Å². The van der Waals surface area contributed by atoms with Crippen molar-refractivity contribution in [3.05, 3.63) is 23.9 Å². The number of aryl methyl sites for hydroxylation is 2. The zero-order valence-electron chi connectivity index (χ0n) is 12.2. The lowest BCUT2D eigenvalue weighted by atomic mass is 10.3. The molecule has 0 aliphatic rings. The van der Waals surface area contributed by atoms with E-state index in [0.29, 0.717) is 5.95 Å². The number of hydrogen-bond donors (Lipinski definition) is 2. The summed E-state index contributed by atoms with van der Waals surface area (Å²) < 4.78 is 1.71. The Labute approximate surface area is 118 Å². The molecule has 2 heterocycles. The van der Waals surface area contributed by atoms with E-state index in [0.717, 1.165) is 43.1 Å². The van der Waals surface area contributed by atoms with Crippen LogP contribution in [0.4, 0.5) is 11.8 Å². The normalized spacial score (nSPS) is 10.6. The Kier molecular flexibility index (Phi) is 4.86. The molecule has 0 amide bonds. The number of aromatic nitrogens is 5. The largest absolute Gasteiger partial charge is 0.369 e. The van der Waals surface area contributed by atoms with E-state index in [4.69, 9.17) is 0 Å². The van der Waals surface area contributed by atoms with Crippen molar-refractivity contribution in [1.82, 2.24) is 24.7 Å². The Morgan fingerprint density at radius 2 is 2.05 bits per heavy atom. The molecule has 0 unspecified atom stereocenters. The van der Waals surface area contributed by atoms with Crippen molar-refractivity contribution in [2.45, 2.75) is 26.7 Å². The molecule has 0 spiro atoms. The molecule has 7 nitrogen and oxygen atoms in total. The maximum absolute atomic E-state index is 4.47. The molecule has 0 fully saturated rings. The lowest BCUT2D eigenvalue weighted by Gasteiger charge is -2.09. The molecule has 0 saturated carbocycles. The van der Waals surface area contributed by atoms with Crippen LogP contribution in [0.5, 0.6) is 0 Å². The molecule has 0 aromatic carbocycles. The highest BCUT2D eigenvalue weighted by molar-refractivity contribution is 5.46. The van der Waals surface area contributed by atoms with Crippen molar-refractivity contribution in [2.24, 2.45) is 7.05 Å². The van der Waals surface area contributed by atoms with Gasteiger partial charge in [0.15, 0.2) is 5.82 Å². The topological polar surface area (TPSA) is 80.5 Å². The summed E-state index contributed by atoms with van der Waals surface area (Å²) in [6.45, 7) is 5.72. The van der Waals surface area contributed by atoms with Crippen molar-refractivity contribution in [3.8, 4) is 0 Å². The first-order valence-corrected chi connectivity index (χ1v) is 6.85. The molecule has 2 aromatic rings. The van der Waals surface area contributed by atoms with E-state index < -0.39 is 0 Å². The smallest absolute Gasteiger partial charge is 0.224 e. The van der Waals surface area contributed by atoms with Gasteiger partial charge in [-0.25, -0.2) is 9.97 Å². The van der Waals surface area contributed by atoms with Crippen LogP contribution in [-0.4, -0.2) is 37.8 Å². The molecule has 7 heteroatoms. The van der Waals surface area contributed by atoms with Gasteiger partial charge in [0.1, 0.15) is 12.1 Å². The molecule has 0 bridgehead atoms. The number of rotatable bonds is 7. The second kappa shape index (κ2) is 6.83. The van der Waals surface area contributed by atoms with E-state index in [2.05, 4.69) is 37.6 Å². The SMILES string of the molecule is CCCNc1ncc(C)c(NCCc2ncn(C)n2)n1. The summed E-state index contributed by atoms with van der Waals surface area (Å²) in [5.74, 6) is 2.35. The summed E-state index contributed by atoms with van der Waals surface area (Å²) >= 11 is 0. The second-order valence-electron chi connectivity index (χ2n) is 4.66. The van der Waals surface area contributed by atoms with E-state index in [9.17, 15) is 0 Å². The highest BCUT2D eigenvalue weighted by Crippen LogP contribution is 2.12. The summed E-state index contributed by atoms with van der Waals surface area (Å²) in [5.41, 5.74) is 1.03. The predicted molar refractivity (Wildman–Crippen MR) is 78.7 cm³/mol. The van der Waals surface area contributed by atoms with Crippen LogP contribution in [0.2, 0.25) is 0 Å². The summed E-state index contributed by atoms with van der Waals surface area (Å²) in [6, 6.07) is 0. The molecule has 0 radical (unpaired) electrons. The highest BCUT2D eigenvalue weighted by atomic mass is 15.3. The van der Waals surface area contributed by atoms with Crippen molar-refractivity contribution >= 4 is 11.8 Å². The van der Waals surface area contributed by atoms with Crippen LogP contribution in [-0.2, 0) is 13.5 Å². The van der Waals surface area contributed by atoms with Crippen LogP contribution in [0, 0.1) is 6.92 Å². The lowest BCUT2D eigenvalue weighted by Crippen LogP contribution is -2.11. The van der Waals surface area contributed by atoms with E-state index in [1.807, 2.05) is 20.2 Å². The third kappa shape index (κ3) is 3.91. The van der Waals surface area contributed by atoms with Gasteiger partial charge >= 0.3 is 0 Å². The summed E-state index contributed by atoms with van der Waals surface area (Å²) in [6.07, 6.45) is 5.34. The number of hydrogen-bond acceptors (Lipinski definition) is 6. The Morgan fingerprint density at radius 1 is 1.20 bits per heavy atom. The zero-order chi connectivity index (χ0) is 14.4. The summed E-state index contributed by atoms with van der Waals surface area (Å²) in [4.78, 5) is 12.9. The lowest BCUT2D eigenvalue weighted by molar-refractivity contribution is 0.741. The van der Waals surface area contributed by atoms with Crippen LogP contribution in [0.3, 0.4) is 0 Å². The first-order valence-electron chi connectivity index (χ1n) is 6.85. The first-order chi connectivity index (χ1) is 9.69. The maximum Gasteiger partial charge on any atom is 0.224 e. The van der Waals surface area contributed by atoms with Crippen LogP contribution in [0.25, 0.3) is 0 Å². The number of anilines is 2. The molecule has 2 rings (SSSR count). The van der Waals surface area contributed by atoms with Gasteiger partial charge in [-0.2, -0.15) is 10.1 Å². The summed E-state index contributed by atoms with van der Waals surface area (Å²) in [5, 5.41) is 10.7. The quantitative estimate of drug-likeness (QED) is 0.795. The van der Waals surface area contributed by atoms with Crippen molar-refractivity contribution in [2.75, 3.05) is 23.7 Å². The third-order valence-electron chi connectivity index (χ3n) is 2.79. The Bertz CT molecular complexity index is 549. The van der Waals surface area contributed by atoms with E-state index in [-0.39, 0.29) is 0 Å². The van der Waals surface area contributed by atoms with Gasteiger partial charge in [-0.1, -0.05) is 6.92 Å². The van der Waals surface area contributed by atoms with Gasteiger partial charge in [-0.05, 0) is 13.3 Å². The fourth-order valence-corrected chi connectivity index (χ4v) is 1.73. The molecule has 0 saturated heterocycles. The minimum Gasteiger partial charge on any atom is -0.369 e. The molecular weight excluding hydrogens is 254 g/mol. The van der Waals surface area contributed by atoms with Crippen LogP contribution >= 0.6 is 0 Å². The van der Waals surface area contributed by atoms with Gasteiger partial charge in [0.2, 0.25) is 5.95 Å². The molecular formula is C13H21N7. The van der Waals surface area contributed by atoms with Gasteiger partial charge in [-0.3, -0.25) is 4.68 Å². The standard InChI is InChI=1S/C13H21N7/c1-4-6-15-13-16-8-10(2)12(18-13)14-7-5-11-17-9-20(3)19-11/h8-9H,4-7H2,1-3H3,(H2,14,15,16,18). The Balaban J connectivity index is 1.90. The predicted octanol–water partition coefficient (Wildman–Crippen LogP) is 1.39. The third-order valence-corrected chi connectivity index (χ3v) is 2.79. The second-order valence-corrected chi connectivity index (χ2v) is 4.66. The monoisotopic (exact) mass is 275 g/mol. The number of nitrogens with one attached hydrogen (secondary N) is 2. The van der Waals surface area contributed by atoms with E-state index in [1.165, 1.54) is 0 Å². The molecule has 0 aliphatic carbocycles. The summed E-state index contributed by atoms with van der Waals surface area (Å²) in [7, 11) is 1.87. The van der Waals surface area contributed by atoms with Crippen LogP contribution < -0.4 is 10.6 Å². The van der Waals surface area contributed by atoms with Crippen LogP contribution in [0.15, 0.2) is 12.5 Å².